The summed E-state index contributed by atoms with van der Waals surface area (Å²) < 4.78 is 34.4. The van der Waals surface area contributed by atoms with Crippen LogP contribution in [-0.4, -0.2) is 37.1 Å². The molecule has 1 aliphatic heterocycles. The van der Waals surface area contributed by atoms with Gasteiger partial charge in [0, 0.05) is 31.2 Å². The second-order valence-electron chi connectivity index (χ2n) is 5.05. The van der Waals surface area contributed by atoms with Crippen LogP contribution in [-0.2, 0) is 4.74 Å². The minimum atomic E-state index is -2.85. The normalized spacial score (nSPS) is 24.1. The van der Waals surface area contributed by atoms with Crippen molar-refractivity contribution in [3.8, 4) is 5.75 Å². The molecule has 2 rings (SSSR count). The predicted octanol–water partition coefficient (Wildman–Crippen LogP) is 2.09. The fourth-order valence-corrected chi connectivity index (χ4v) is 2.23. The second-order valence-corrected chi connectivity index (χ2v) is 5.05. The molecule has 1 heterocycles. The summed E-state index contributed by atoms with van der Waals surface area (Å²) in [6, 6.07) is 6.43. The molecule has 0 bridgehead atoms. The maximum Gasteiger partial charge on any atom is 0.387 e. The number of para-hydroxylation sites is 1. The molecule has 2 N–H and O–H groups in total. The lowest BCUT2D eigenvalue weighted by atomic mass is 10.0. The standard InChI is InChI=1S/C14H19F2NO3/c1-10(17-8-14(18)6-7-19-9-14)11-4-2-3-5-12(11)20-13(15)16/h2-5,10,13,17-18H,6-9H2,1H3. The van der Waals surface area contributed by atoms with Gasteiger partial charge in [-0.1, -0.05) is 18.2 Å². The van der Waals surface area contributed by atoms with Gasteiger partial charge in [-0.25, -0.2) is 0 Å². The van der Waals surface area contributed by atoms with Crippen LogP contribution >= 0.6 is 0 Å². The molecular weight excluding hydrogens is 268 g/mol. The van der Waals surface area contributed by atoms with Crippen molar-refractivity contribution in [1.29, 1.82) is 0 Å². The van der Waals surface area contributed by atoms with Crippen LogP contribution in [0.15, 0.2) is 24.3 Å². The van der Waals surface area contributed by atoms with E-state index in [-0.39, 0.29) is 11.8 Å². The fourth-order valence-electron chi connectivity index (χ4n) is 2.23. The Hall–Kier alpha value is -1.24. The average molecular weight is 287 g/mol. The van der Waals surface area contributed by atoms with Crippen LogP contribution in [0.3, 0.4) is 0 Å². The first kappa shape index (κ1) is 15.2. The van der Waals surface area contributed by atoms with Gasteiger partial charge in [-0.05, 0) is 13.0 Å². The Morgan fingerprint density at radius 3 is 2.85 bits per heavy atom. The van der Waals surface area contributed by atoms with Gasteiger partial charge in [0.05, 0.1) is 6.61 Å². The maximum atomic E-state index is 12.4. The summed E-state index contributed by atoms with van der Waals surface area (Å²) in [5.41, 5.74) is -0.248. The van der Waals surface area contributed by atoms with Gasteiger partial charge in [-0.3, -0.25) is 0 Å². The number of aliphatic hydroxyl groups is 1. The van der Waals surface area contributed by atoms with Crippen molar-refractivity contribution in [3.63, 3.8) is 0 Å². The number of nitrogens with one attached hydrogen (secondary N) is 1. The maximum absolute atomic E-state index is 12.4. The smallest absolute Gasteiger partial charge is 0.387 e. The zero-order valence-corrected chi connectivity index (χ0v) is 11.3. The third-order valence-electron chi connectivity index (χ3n) is 3.42. The first-order valence-corrected chi connectivity index (χ1v) is 6.57. The van der Waals surface area contributed by atoms with Gasteiger partial charge in [0.1, 0.15) is 11.4 Å². The van der Waals surface area contributed by atoms with Crippen molar-refractivity contribution in [3.05, 3.63) is 29.8 Å². The van der Waals surface area contributed by atoms with Gasteiger partial charge < -0.3 is 19.9 Å². The van der Waals surface area contributed by atoms with E-state index in [1.54, 1.807) is 18.2 Å². The Bertz CT molecular complexity index is 436. The van der Waals surface area contributed by atoms with Gasteiger partial charge in [0.15, 0.2) is 0 Å². The zero-order valence-electron chi connectivity index (χ0n) is 11.3. The molecule has 6 heteroatoms. The number of benzene rings is 1. The van der Waals surface area contributed by atoms with Gasteiger partial charge >= 0.3 is 6.61 Å². The molecule has 112 valence electrons. The van der Waals surface area contributed by atoms with Crippen LogP contribution < -0.4 is 10.1 Å². The van der Waals surface area contributed by atoms with Crippen molar-refractivity contribution < 1.29 is 23.4 Å². The first-order valence-electron chi connectivity index (χ1n) is 6.57. The number of rotatable bonds is 6. The summed E-state index contributed by atoms with van der Waals surface area (Å²) in [6.07, 6.45) is 0.571. The van der Waals surface area contributed by atoms with Gasteiger partial charge in [-0.2, -0.15) is 8.78 Å². The SMILES string of the molecule is CC(NCC1(O)CCOC1)c1ccccc1OC(F)F. The van der Waals surface area contributed by atoms with Gasteiger partial charge in [-0.15, -0.1) is 0 Å². The van der Waals surface area contributed by atoms with E-state index in [1.807, 2.05) is 6.92 Å². The number of alkyl halides is 2. The summed E-state index contributed by atoms with van der Waals surface area (Å²) in [5, 5.41) is 13.3. The minimum Gasteiger partial charge on any atom is -0.434 e. The molecule has 2 unspecified atom stereocenters. The van der Waals surface area contributed by atoms with Crippen molar-refractivity contribution in [2.75, 3.05) is 19.8 Å². The van der Waals surface area contributed by atoms with E-state index in [0.29, 0.717) is 31.7 Å². The van der Waals surface area contributed by atoms with Crippen LogP contribution in [0.25, 0.3) is 0 Å². The Kier molecular flexibility index (Phi) is 4.91. The Labute approximate surface area is 116 Å². The minimum absolute atomic E-state index is 0.150. The molecule has 1 saturated heterocycles. The molecule has 1 aromatic rings. The summed E-state index contributed by atoms with van der Waals surface area (Å²) in [4.78, 5) is 0. The lowest BCUT2D eigenvalue weighted by molar-refractivity contribution is -0.0507. The topological polar surface area (TPSA) is 50.7 Å². The largest absolute Gasteiger partial charge is 0.434 e. The summed E-state index contributed by atoms with van der Waals surface area (Å²) >= 11 is 0. The molecule has 0 aromatic heterocycles. The molecule has 0 spiro atoms. The molecule has 0 amide bonds. The van der Waals surface area contributed by atoms with Crippen LogP contribution in [0.2, 0.25) is 0 Å². The van der Waals surface area contributed by atoms with Crippen molar-refractivity contribution >= 4 is 0 Å². The van der Waals surface area contributed by atoms with Gasteiger partial charge in [0.2, 0.25) is 0 Å². The van der Waals surface area contributed by atoms with E-state index in [0.717, 1.165) is 0 Å². The van der Waals surface area contributed by atoms with E-state index in [2.05, 4.69) is 10.1 Å². The molecule has 0 saturated carbocycles. The number of hydrogen-bond acceptors (Lipinski definition) is 4. The predicted molar refractivity (Wildman–Crippen MR) is 69.9 cm³/mol. The van der Waals surface area contributed by atoms with Crippen LogP contribution in [0.4, 0.5) is 8.78 Å². The molecule has 0 aliphatic carbocycles. The number of hydrogen-bond donors (Lipinski definition) is 2. The molecule has 2 atom stereocenters. The molecule has 4 nitrogen and oxygen atoms in total. The molecule has 20 heavy (non-hydrogen) atoms. The highest BCUT2D eigenvalue weighted by molar-refractivity contribution is 5.35. The molecule has 1 aliphatic rings. The van der Waals surface area contributed by atoms with Crippen molar-refractivity contribution in [2.24, 2.45) is 0 Å². The fraction of sp³-hybridized carbons (Fsp3) is 0.571. The quantitative estimate of drug-likeness (QED) is 0.841. The number of ether oxygens (including phenoxy) is 2. The van der Waals surface area contributed by atoms with Crippen LogP contribution in [0.5, 0.6) is 5.75 Å². The Morgan fingerprint density at radius 2 is 2.20 bits per heavy atom. The monoisotopic (exact) mass is 287 g/mol. The highest BCUT2D eigenvalue weighted by Crippen LogP contribution is 2.27. The Morgan fingerprint density at radius 1 is 1.45 bits per heavy atom. The van der Waals surface area contributed by atoms with E-state index < -0.39 is 12.2 Å². The van der Waals surface area contributed by atoms with E-state index in [4.69, 9.17) is 4.74 Å². The summed E-state index contributed by atoms with van der Waals surface area (Å²) in [7, 11) is 0. The third-order valence-corrected chi connectivity index (χ3v) is 3.42. The van der Waals surface area contributed by atoms with Crippen LogP contribution in [0, 0.1) is 0 Å². The van der Waals surface area contributed by atoms with Crippen LogP contribution in [0.1, 0.15) is 24.9 Å². The third kappa shape index (κ3) is 3.88. The van der Waals surface area contributed by atoms with E-state index in [9.17, 15) is 13.9 Å². The number of halogens is 2. The molecular formula is C14H19F2NO3. The summed E-state index contributed by atoms with van der Waals surface area (Å²) in [6.45, 7) is 0.166. The molecule has 1 aromatic carbocycles. The van der Waals surface area contributed by atoms with Crippen molar-refractivity contribution in [1.82, 2.24) is 5.32 Å². The second kappa shape index (κ2) is 6.47. The lowest BCUT2D eigenvalue weighted by Crippen LogP contribution is -2.41. The summed E-state index contributed by atoms with van der Waals surface area (Å²) in [5.74, 6) is 0.150. The van der Waals surface area contributed by atoms with E-state index >= 15 is 0 Å². The lowest BCUT2D eigenvalue weighted by Gasteiger charge is -2.25. The van der Waals surface area contributed by atoms with Crippen molar-refractivity contribution in [2.45, 2.75) is 31.6 Å². The average Bonchev–Trinajstić information content (AvgIpc) is 2.83. The molecule has 0 radical (unpaired) electrons. The molecule has 1 fully saturated rings. The van der Waals surface area contributed by atoms with Gasteiger partial charge in [0.25, 0.3) is 0 Å². The zero-order chi connectivity index (χ0) is 14.6. The van der Waals surface area contributed by atoms with E-state index in [1.165, 1.54) is 6.07 Å². The highest BCUT2D eigenvalue weighted by Gasteiger charge is 2.32. The Balaban J connectivity index is 1.99. The highest BCUT2D eigenvalue weighted by atomic mass is 19.3. The first-order chi connectivity index (χ1) is 9.50.